The highest BCUT2D eigenvalue weighted by atomic mass is 32.3. The van der Waals surface area contributed by atoms with Crippen molar-refractivity contribution in [3.8, 4) is 0 Å². The number of aliphatic hydroxyl groups is 9. The molecule has 0 amide bonds. The highest BCUT2D eigenvalue weighted by Crippen LogP contribution is 2.75. The number of cyclic esters (lactones) is 1. The summed E-state index contributed by atoms with van der Waals surface area (Å²) in [5, 5.41) is 103. The van der Waals surface area contributed by atoms with E-state index in [2.05, 4.69) is 27.9 Å². The SMILES string of the molecule is C=C(C)CCC[C@]1(C)OC(=O)[C@]23CC[C@H]4C(=CC[C@H]5C(C)(C)[C@@H](O[C@@H]6OC[C@@H](OS(=O)(=O)O)[C@H](O)[C@H]6O[C@@H]6O[C@H](C)[C@@H](O[C@@H]7O[C@H](COS(=O)(=O)O)[C@@H](O)[C@H](O[C@@H]8O[C@H](COS(=O)(=O)O)[C@@H](O)[C@H](OC)[C@H]8O)[C@H]7O)[C@H](O)[C@H]6O[C@@H]6OC[C@@H](O)[C@H](O)[C@H]6O)CC[C@]45C)[C@]2(C)CC(=O)[C@@H]31. The maximum Gasteiger partial charge on any atom is 0.397 e. The van der Waals surface area contributed by atoms with E-state index >= 15 is 0 Å². The van der Waals surface area contributed by atoms with E-state index in [1.165, 1.54) is 6.92 Å². The summed E-state index contributed by atoms with van der Waals surface area (Å²) in [5.41, 5.74) is -2.04. The third kappa shape index (κ3) is 14.8. The number of aliphatic hydroxyl groups excluding tert-OH is 9. The van der Waals surface area contributed by atoms with E-state index in [1.54, 1.807) is 0 Å². The Labute approximate surface area is 560 Å². The van der Waals surface area contributed by atoms with Crippen molar-refractivity contribution in [2.45, 2.75) is 259 Å². The van der Waals surface area contributed by atoms with Gasteiger partial charge in [0, 0.05) is 18.9 Å². The Bertz CT molecular complexity index is 3250. The molecule has 0 aromatic rings. The molecular formula is C59H92O35S3. The molecule has 9 fully saturated rings. The van der Waals surface area contributed by atoms with Crippen molar-refractivity contribution in [1.29, 1.82) is 0 Å². The summed E-state index contributed by atoms with van der Waals surface area (Å²) in [6, 6.07) is 0. The zero-order valence-electron chi connectivity index (χ0n) is 54.5. The fraction of sp³-hybridized carbons (Fsp3) is 0.898. The fourth-order valence-corrected chi connectivity index (χ4v) is 18.6. The van der Waals surface area contributed by atoms with Crippen molar-refractivity contribution in [3.05, 3.63) is 23.8 Å². The van der Waals surface area contributed by atoms with Crippen LogP contribution in [-0.4, -0.2) is 283 Å². The number of allylic oxidation sites excluding steroid dienone is 3. The Balaban J connectivity index is 0.921. The van der Waals surface area contributed by atoms with Crippen molar-refractivity contribution in [3.63, 3.8) is 0 Å². The van der Waals surface area contributed by atoms with Crippen LogP contribution in [0.3, 0.4) is 0 Å². The minimum Gasteiger partial charge on any atom is -0.458 e. The van der Waals surface area contributed by atoms with Gasteiger partial charge in [0.1, 0.15) is 115 Å². The number of methoxy groups -OCH3 is 1. The second-order valence-electron chi connectivity index (χ2n) is 28.7. The van der Waals surface area contributed by atoms with E-state index in [0.29, 0.717) is 44.9 Å². The second kappa shape index (κ2) is 28.5. The molecule has 4 aliphatic carbocycles. The Morgan fingerprint density at radius 1 is 0.629 bits per heavy atom. The highest BCUT2D eigenvalue weighted by molar-refractivity contribution is 7.81. The number of carbonyl (C=O) groups excluding carboxylic acids is 2. The summed E-state index contributed by atoms with van der Waals surface area (Å²) in [5.74, 6) is -1.19. The van der Waals surface area contributed by atoms with Crippen molar-refractivity contribution in [2.24, 2.45) is 39.4 Å². The molecule has 0 radical (unpaired) electrons. The monoisotopic (exact) mass is 1460 g/mol. The standard InChI is InChI=1S/C59H92O35S3/c1-24(2)11-10-16-58(8)48-28(60)19-57(7)27-12-13-33-55(4,5)34(15-17-56(33,6)26(27)14-18-59(48,57)54(70)93-58)88-52-46(38(65)32(21-82-52)94-97(77,78)79)92-53-47(91-49-39(66)35(62)29(61)20-81-49)40(67)43(25(3)85-53)89-51-42(69)45(37(64)31(87-51)23-84-96(74,75)76)90-50-41(68)44(80-9)36(63)30(86-50)22-83-95(71,72)73/h12,25-26,29-53,61-69H,1,10-11,13-23H2,2-9H3,(H,71,72,73)(H,74,75,76)(H,77,78,79)/t25-,26+,29-,30-,31-,32-,33+,34+,35+,36-,37-,38+,39-,40+,41-,42-,43-,44+,45+,46-,47-,48-,49+,50+,51+,52+,53+,56-,57+,58+,59-/m1/s1. The molecule has 97 heavy (non-hydrogen) atoms. The number of fused-ring (bicyclic) bond motifs is 4. The Morgan fingerprint density at radius 3 is 1.79 bits per heavy atom. The van der Waals surface area contributed by atoms with E-state index in [0.717, 1.165) is 24.7 Å². The molecule has 10 aliphatic rings. The Kier molecular flexibility index (Phi) is 22.6. The number of esters is 1. The van der Waals surface area contributed by atoms with Crippen LogP contribution in [0, 0.1) is 39.4 Å². The predicted molar refractivity (Wildman–Crippen MR) is 319 cm³/mol. The second-order valence-corrected chi connectivity index (χ2v) is 31.9. The van der Waals surface area contributed by atoms with E-state index < -0.39 is 238 Å². The van der Waals surface area contributed by atoms with E-state index in [-0.39, 0.29) is 30.0 Å². The molecule has 556 valence electrons. The summed E-state index contributed by atoms with van der Waals surface area (Å²) in [4.78, 5) is 29.0. The van der Waals surface area contributed by atoms with Crippen molar-refractivity contribution in [2.75, 3.05) is 33.5 Å². The lowest BCUT2D eigenvalue weighted by Gasteiger charge is -2.63. The summed E-state index contributed by atoms with van der Waals surface area (Å²) in [7, 11) is -14.8. The topological polar surface area (TPSA) is 518 Å². The molecule has 3 saturated carbocycles. The van der Waals surface area contributed by atoms with Crippen molar-refractivity contribution >= 4 is 42.9 Å². The normalized spacial score (nSPS) is 47.8. The molecule has 6 aliphatic heterocycles. The zero-order valence-corrected chi connectivity index (χ0v) is 57.0. The highest BCUT2D eigenvalue weighted by Gasteiger charge is 2.79. The van der Waals surface area contributed by atoms with Gasteiger partial charge >= 0.3 is 37.2 Å². The summed E-state index contributed by atoms with van der Waals surface area (Å²) >= 11 is 0. The average molecular weight is 1460 g/mol. The number of rotatable bonds is 23. The van der Waals surface area contributed by atoms with Gasteiger partial charge in [0.25, 0.3) is 0 Å². The average Bonchev–Trinajstić information content (AvgIpc) is 1.52. The van der Waals surface area contributed by atoms with Crippen LogP contribution < -0.4 is 0 Å². The lowest BCUT2D eigenvalue weighted by atomic mass is 9.41. The molecule has 0 aromatic carbocycles. The first-order valence-electron chi connectivity index (χ1n) is 32.1. The molecule has 31 atom stereocenters. The van der Waals surface area contributed by atoms with Crippen LogP contribution >= 0.6 is 0 Å². The molecule has 38 heteroatoms. The predicted octanol–water partition coefficient (Wildman–Crippen LogP) is -2.26. The largest absolute Gasteiger partial charge is 0.458 e. The minimum absolute atomic E-state index is 0.00563. The molecule has 35 nitrogen and oxygen atoms in total. The molecule has 12 N–H and O–H groups in total. The van der Waals surface area contributed by atoms with E-state index in [1.807, 2.05) is 34.6 Å². The van der Waals surface area contributed by atoms with Gasteiger partial charge in [-0.25, -0.2) is 12.5 Å². The van der Waals surface area contributed by atoms with Gasteiger partial charge in [0.15, 0.2) is 31.5 Å². The third-order valence-electron chi connectivity index (χ3n) is 22.2. The van der Waals surface area contributed by atoms with Gasteiger partial charge in [0.2, 0.25) is 0 Å². The first-order valence-corrected chi connectivity index (χ1v) is 36.2. The molecule has 0 unspecified atom stereocenters. The van der Waals surface area contributed by atoms with Gasteiger partial charge < -0.3 is 103 Å². The van der Waals surface area contributed by atoms with Gasteiger partial charge in [-0.05, 0) is 94.8 Å². The molecule has 0 bridgehead atoms. The van der Waals surface area contributed by atoms with E-state index in [4.69, 9.17) is 61.0 Å². The summed E-state index contributed by atoms with van der Waals surface area (Å²) in [6.07, 6.45) is -40.0. The van der Waals surface area contributed by atoms with Crippen LogP contribution in [0.15, 0.2) is 23.8 Å². The van der Waals surface area contributed by atoms with Gasteiger partial charge in [-0.2, -0.15) is 25.3 Å². The number of ether oxygens (including phenoxy) is 12. The molecular weight excluding hydrogens is 1360 g/mol. The first kappa shape index (κ1) is 77.1. The van der Waals surface area contributed by atoms with Crippen LogP contribution in [0.2, 0.25) is 0 Å². The number of hydrogen-bond acceptors (Lipinski definition) is 32. The van der Waals surface area contributed by atoms with Gasteiger partial charge in [0.05, 0.1) is 50.0 Å². The Hall–Kier alpha value is -2.57. The van der Waals surface area contributed by atoms with Crippen LogP contribution in [0.25, 0.3) is 0 Å². The number of ketones is 1. The minimum atomic E-state index is -5.34. The summed E-state index contributed by atoms with van der Waals surface area (Å²) < 4.78 is 186. The number of hydrogen-bond donors (Lipinski definition) is 12. The molecule has 6 saturated heterocycles. The summed E-state index contributed by atoms with van der Waals surface area (Å²) in [6.45, 7) is 13.5. The van der Waals surface area contributed by atoms with Crippen molar-refractivity contribution < 1.29 is 164 Å². The van der Waals surface area contributed by atoms with Crippen LogP contribution in [-0.2, 0) is 110 Å². The fourth-order valence-electron chi connectivity index (χ4n) is 17.5. The van der Waals surface area contributed by atoms with Gasteiger partial charge in [-0.3, -0.25) is 23.2 Å². The lowest BCUT2D eigenvalue weighted by molar-refractivity contribution is -0.403. The maximum atomic E-state index is 14.5. The number of carbonyl (C=O) groups is 2. The smallest absolute Gasteiger partial charge is 0.397 e. The van der Waals surface area contributed by atoms with Crippen LogP contribution in [0.1, 0.15) is 106 Å². The molecule has 6 heterocycles. The van der Waals surface area contributed by atoms with Crippen LogP contribution in [0.4, 0.5) is 0 Å². The Morgan fingerprint density at radius 2 is 1.20 bits per heavy atom. The molecule has 10 rings (SSSR count). The van der Waals surface area contributed by atoms with E-state index in [9.17, 15) is 94.5 Å². The number of Topliss-reactive ketones (excluding diaryl/α,β-unsaturated/α-hetero) is 1. The quantitative estimate of drug-likeness (QED) is 0.0292. The maximum absolute atomic E-state index is 14.5. The first-order chi connectivity index (χ1) is 45.0. The van der Waals surface area contributed by atoms with Gasteiger partial charge in [-0.1, -0.05) is 44.9 Å². The zero-order chi connectivity index (χ0) is 71.4. The molecule has 1 spiro atoms. The lowest BCUT2D eigenvalue weighted by Crippen LogP contribution is -2.68. The van der Waals surface area contributed by atoms with Crippen molar-refractivity contribution in [1.82, 2.24) is 0 Å². The van der Waals surface area contributed by atoms with Crippen LogP contribution in [0.5, 0.6) is 0 Å². The van der Waals surface area contributed by atoms with Gasteiger partial charge in [-0.15, -0.1) is 6.58 Å². The third-order valence-corrected chi connectivity index (χ3v) is 23.6. The molecule has 0 aromatic heterocycles.